The Labute approximate surface area is 190 Å². The molecule has 1 aromatic heterocycles. The quantitative estimate of drug-likeness (QED) is 0.328. The molecule has 7 heteroatoms. The highest BCUT2D eigenvalue weighted by Gasteiger charge is 2.23. The highest BCUT2D eigenvalue weighted by molar-refractivity contribution is 14.0. The fraction of sp³-hybridized carbons (Fsp3) is 0.524. The van der Waals surface area contributed by atoms with Crippen LogP contribution in [-0.2, 0) is 6.54 Å². The first-order valence-corrected chi connectivity index (χ1v) is 10.7. The van der Waals surface area contributed by atoms with Gasteiger partial charge >= 0.3 is 0 Å². The average molecular weight is 513 g/mol. The van der Waals surface area contributed by atoms with Gasteiger partial charge in [-0.2, -0.15) is 0 Å². The van der Waals surface area contributed by atoms with Crippen molar-refractivity contribution in [1.82, 2.24) is 20.5 Å². The topological polar surface area (TPSA) is 52.6 Å². The molecule has 1 saturated heterocycles. The summed E-state index contributed by atoms with van der Waals surface area (Å²) in [4.78, 5) is 11.7. The van der Waals surface area contributed by atoms with Crippen molar-refractivity contribution < 1.29 is 0 Å². The van der Waals surface area contributed by atoms with Gasteiger partial charge in [0.1, 0.15) is 5.01 Å². The largest absolute Gasteiger partial charge is 0.354 e. The highest BCUT2D eigenvalue weighted by atomic mass is 127. The van der Waals surface area contributed by atoms with Gasteiger partial charge in [-0.05, 0) is 37.4 Å². The van der Waals surface area contributed by atoms with Gasteiger partial charge in [0.05, 0.1) is 18.3 Å². The van der Waals surface area contributed by atoms with E-state index in [4.69, 9.17) is 0 Å². The molecular weight excluding hydrogens is 481 g/mol. The van der Waals surface area contributed by atoms with Crippen LogP contribution < -0.4 is 10.6 Å². The van der Waals surface area contributed by atoms with Crippen molar-refractivity contribution in [1.29, 1.82) is 0 Å². The molecule has 154 valence electrons. The normalized spacial score (nSPS) is 16.1. The van der Waals surface area contributed by atoms with Gasteiger partial charge in [0.15, 0.2) is 5.96 Å². The summed E-state index contributed by atoms with van der Waals surface area (Å²) in [5, 5.41) is 10.2. The molecule has 2 N–H and O–H groups in total. The van der Waals surface area contributed by atoms with Crippen molar-refractivity contribution >= 4 is 41.3 Å². The first-order valence-electron chi connectivity index (χ1n) is 9.85. The number of benzene rings is 1. The number of aromatic nitrogens is 1. The number of aliphatic imine (C=N–C) groups is 1. The summed E-state index contributed by atoms with van der Waals surface area (Å²) in [6.45, 7) is 8.24. The van der Waals surface area contributed by atoms with E-state index in [0.717, 1.165) is 23.2 Å². The smallest absolute Gasteiger partial charge is 0.191 e. The number of likely N-dealkylation sites (tertiary alicyclic amines) is 1. The number of guanidine groups is 1. The van der Waals surface area contributed by atoms with E-state index in [1.165, 1.54) is 31.5 Å². The summed E-state index contributed by atoms with van der Waals surface area (Å²) in [5.74, 6) is 1.30. The molecule has 28 heavy (non-hydrogen) atoms. The number of hydrogen-bond donors (Lipinski definition) is 2. The Bertz CT molecular complexity index is 725. The summed E-state index contributed by atoms with van der Waals surface area (Å²) in [5.41, 5.74) is 2.53. The molecule has 3 rings (SSSR count). The van der Waals surface area contributed by atoms with Crippen LogP contribution in [0.3, 0.4) is 0 Å². The first kappa shape index (κ1) is 23.1. The van der Waals surface area contributed by atoms with Gasteiger partial charge in [0, 0.05) is 19.0 Å². The van der Waals surface area contributed by atoms with Gasteiger partial charge in [-0.15, -0.1) is 35.3 Å². The van der Waals surface area contributed by atoms with Crippen LogP contribution in [0.2, 0.25) is 0 Å². The summed E-state index contributed by atoms with van der Waals surface area (Å²) >= 11 is 1.71. The summed E-state index contributed by atoms with van der Waals surface area (Å²) in [6, 6.07) is 11.2. The molecule has 0 aliphatic carbocycles. The Morgan fingerprint density at radius 3 is 2.50 bits per heavy atom. The molecule has 0 amide bonds. The second kappa shape index (κ2) is 11.7. The van der Waals surface area contributed by atoms with Gasteiger partial charge < -0.3 is 10.6 Å². The number of halogens is 1. The summed E-state index contributed by atoms with van der Waals surface area (Å²) < 4.78 is 0. The zero-order valence-electron chi connectivity index (χ0n) is 17.0. The third-order valence-electron chi connectivity index (χ3n) is 5.02. The Morgan fingerprint density at radius 2 is 1.89 bits per heavy atom. The molecule has 1 aliphatic rings. The Hall–Kier alpha value is -1.19. The summed E-state index contributed by atoms with van der Waals surface area (Å²) in [7, 11) is 1.82. The molecule has 0 saturated carbocycles. The van der Waals surface area contributed by atoms with Crippen molar-refractivity contribution in [2.75, 3.05) is 26.7 Å². The minimum absolute atomic E-state index is 0. The van der Waals surface area contributed by atoms with Crippen LogP contribution in [0.25, 0.3) is 0 Å². The predicted molar refractivity (Wildman–Crippen MR) is 130 cm³/mol. The lowest BCUT2D eigenvalue weighted by molar-refractivity contribution is 0.245. The Kier molecular flexibility index (Phi) is 9.67. The number of thiazole rings is 1. The molecular formula is C21H32IN5S. The molecule has 0 spiro atoms. The van der Waals surface area contributed by atoms with Crippen LogP contribution in [0, 0.1) is 0 Å². The number of rotatable bonds is 7. The van der Waals surface area contributed by atoms with E-state index in [1.807, 2.05) is 7.05 Å². The first-order chi connectivity index (χ1) is 13.2. The van der Waals surface area contributed by atoms with Crippen molar-refractivity contribution in [2.45, 2.75) is 45.2 Å². The van der Waals surface area contributed by atoms with Crippen molar-refractivity contribution in [3.63, 3.8) is 0 Å². The maximum absolute atomic E-state index is 4.69. The molecule has 1 fully saturated rings. The fourth-order valence-electron chi connectivity index (χ4n) is 3.43. The zero-order chi connectivity index (χ0) is 19.1. The molecule has 0 radical (unpaired) electrons. The van der Waals surface area contributed by atoms with Gasteiger partial charge in [-0.3, -0.25) is 9.89 Å². The maximum atomic E-state index is 4.69. The SMILES string of the molecule is CN=C(NCc1nc(C(C)C)cs1)NCC(c1ccccc1)N1CCCC1.I. The van der Waals surface area contributed by atoms with Gasteiger partial charge in [0.2, 0.25) is 0 Å². The van der Waals surface area contributed by atoms with E-state index >= 15 is 0 Å². The fourth-order valence-corrected chi connectivity index (χ4v) is 4.33. The number of nitrogens with zero attached hydrogens (tertiary/aromatic N) is 3. The predicted octanol–water partition coefficient (Wildman–Crippen LogP) is 4.39. The molecule has 0 bridgehead atoms. The van der Waals surface area contributed by atoms with Crippen LogP contribution in [0.5, 0.6) is 0 Å². The zero-order valence-corrected chi connectivity index (χ0v) is 20.2. The molecule has 2 heterocycles. The van der Waals surface area contributed by atoms with E-state index in [9.17, 15) is 0 Å². The standard InChI is InChI=1S/C21H31N5S.HI/c1-16(2)18-15-27-20(25-18)14-24-21(22-3)23-13-19(26-11-7-8-12-26)17-9-5-4-6-10-17;/h4-6,9-10,15-16,19H,7-8,11-14H2,1-3H3,(H2,22,23,24);1H. The van der Waals surface area contributed by atoms with Crippen molar-refractivity contribution in [3.05, 3.63) is 52.0 Å². The van der Waals surface area contributed by atoms with Gasteiger partial charge in [-0.25, -0.2) is 4.98 Å². The average Bonchev–Trinajstić information content (AvgIpc) is 3.37. The second-order valence-corrected chi connectivity index (χ2v) is 8.24. The van der Waals surface area contributed by atoms with E-state index < -0.39 is 0 Å². The molecule has 2 aromatic rings. The van der Waals surface area contributed by atoms with Crippen LogP contribution >= 0.6 is 35.3 Å². The third-order valence-corrected chi connectivity index (χ3v) is 5.89. The van der Waals surface area contributed by atoms with Crippen molar-refractivity contribution in [2.24, 2.45) is 4.99 Å². The minimum atomic E-state index is 0. The number of nitrogens with one attached hydrogen (secondary N) is 2. The van der Waals surface area contributed by atoms with Crippen LogP contribution in [0.4, 0.5) is 0 Å². The van der Waals surface area contributed by atoms with E-state index in [0.29, 0.717) is 18.5 Å². The maximum Gasteiger partial charge on any atom is 0.191 e. The monoisotopic (exact) mass is 513 g/mol. The van der Waals surface area contributed by atoms with Crippen LogP contribution in [-0.4, -0.2) is 42.5 Å². The second-order valence-electron chi connectivity index (χ2n) is 7.30. The molecule has 1 unspecified atom stereocenters. The molecule has 1 aromatic carbocycles. The van der Waals surface area contributed by atoms with Gasteiger partial charge in [-0.1, -0.05) is 44.2 Å². The lowest BCUT2D eigenvalue weighted by Gasteiger charge is -2.28. The Morgan fingerprint density at radius 1 is 1.18 bits per heavy atom. The van der Waals surface area contributed by atoms with Crippen LogP contribution in [0.1, 0.15) is 54.9 Å². The minimum Gasteiger partial charge on any atom is -0.354 e. The van der Waals surface area contributed by atoms with Gasteiger partial charge in [0.25, 0.3) is 0 Å². The molecule has 1 atom stereocenters. The number of hydrogen-bond acceptors (Lipinski definition) is 4. The van der Waals surface area contributed by atoms with Crippen molar-refractivity contribution in [3.8, 4) is 0 Å². The highest BCUT2D eigenvalue weighted by Crippen LogP contribution is 2.24. The van der Waals surface area contributed by atoms with E-state index in [2.05, 4.69) is 75.1 Å². The molecule has 5 nitrogen and oxygen atoms in total. The third kappa shape index (κ3) is 6.42. The molecule has 1 aliphatic heterocycles. The van der Waals surface area contributed by atoms with E-state index in [-0.39, 0.29) is 24.0 Å². The van der Waals surface area contributed by atoms with E-state index in [1.54, 1.807) is 11.3 Å². The Balaban J connectivity index is 0.00000280. The summed E-state index contributed by atoms with van der Waals surface area (Å²) in [6.07, 6.45) is 2.58. The lowest BCUT2D eigenvalue weighted by atomic mass is 10.1. The van der Waals surface area contributed by atoms with Crippen LogP contribution in [0.15, 0.2) is 40.7 Å². The lowest BCUT2D eigenvalue weighted by Crippen LogP contribution is -2.42.